The molecule has 0 amide bonds. The summed E-state index contributed by atoms with van der Waals surface area (Å²) in [7, 11) is 1.34. The van der Waals surface area contributed by atoms with Gasteiger partial charge in [-0.1, -0.05) is 23.2 Å². The minimum atomic E-state index is -0.428. The number of rotatable bonds is 2. The molecule has 0 saturated heterocycles. The zero-order chi connectivity index (χ0) is 13.5. The summed E-state index contributed by atoms with van der Waals surface area (Å²) < 4.78 is 5.99. The first kappa shape index (κ1) is 14.5. The van der Waals surface area contributed by atoms with E-state index in [0.717, 1.165) is 0 Å². The molecule has 0 fully saturated rings. The van der Waals surface area contributed by atoms with Crippen molar-refractivity contribution in [2.45, 2.75) is 13.0 Å². The number of carbonyl (C=O) groups is 1. The van der Waals surface area contributed by atoms with Crippen LogP contribution in [0.2, 0.25) is 10.0 Å². The molecule has 0 saturated carbocycles. The number of nitrogens with one attached hydrogen (secondary N) is 1. The first-order valence-corrected chi connectivity index (χ1v) is 5.72. The molecule has 0 spiro atoms. The lowest BCUT2D eigenvalue weighted by Gasteiger charge is -2.08. The maximum absolute atomic E-state index is 11.0. The molecule has 2 heterocycles. The van der Waals surface area contributed by atoms with Crippen molar-refractivity contribution >= 4 is 29.2 Å². The summed E-state index contributed by atoms with van der Waals surface area (Å²) in [5, 5.41) is 11.1. The Morgan fingerprint density at radius 1 is 1.44 bits per heavy atom. The van der Waals surface area contributed by atoms with Gasteiger partial charge < -0.3 is 4.74 Å². The number of ether oxygens (including phenoxy) is 1. The first-order chi connectivity index (χ1) is 8.54. The molecule has 0 bridgehead atoms. The quantitative estimate of drug-likeness (QED) is 0.862. The molecular weight excluding hydrogens is 279 g/mol. The van der Waals surface area contributed by atoms with Crippen molar-refractivity contribution in [3.8, 4) is 0 Å². The molecule has 1 N–H and O–H groups in total. The van der Waals surface area contributed by atoms with Gasteiger partial charge in [-0.25, -0.2) is 4.79 Å². The zero-order valence-corrected chi connectivity index (χ0v) is 11.3. The Morgan fingerprint density at radius 3 is 2.50 bits per heavy atom. The maximum atomic E-state index is 11.0. The summed E-state index contributed by atoms with van der Waals surface area (Å²) >= 11 is 11.0. The van der Waals surface area contributed by atoms with E-state index in [0.29, 0.717) is 10.0 Å². The number of hydrogen-bond acceptors (Lipinski definition) is 4. The van der Waals surface area contributed by atoms with E-state index in [2.05, 4.69) is 20.0 Å². The van der Waals surface area contributed by atoms with Crippen LogP contribution in [0.25, 0.3) is 0 Å². The van der Waals surface area contributed by atoms with Gasteiger partial charge in [0.2, 0.25) is 0 Å². The summed E-state index contributed by atoms with van der Waals surface area (Å²) in [5.41, 5.74) is 0. The number of nitrogens with zero attached hydrogens (tertiary/aromatic N) is 3. The SMILES string of the molecule is COC(=O)[C@@H](C)n1cc(Cl)cn1.Clc1cn[nH]c1. The highest BCUT2D eigenvalue weighted by Gasteiger charge is 2.15. The van der Waals surface area contributed by atoms with Crippen molar-refractivity contribution in [3.63, 3.8) is 0 Å². The van der Waals surface area contributed by atoms with Crippen LogP contribution in [0.5, 0.6) is 0 Å². The Bertz CT molecular complexity index is 484. The largest absolute Gasteiger partial charge is 0.467 e. The lowest BCUT2D eigenvalue weighted by molar-refractivity contribution is -0.144. The van der Waals surface area contributed by atoms with Gasteiger partial charge in [0.05, 0.1) is 29.5 Å². The van der Waals surface area contributed by atoms with Crippen LogP contribution in [0.1, 0.15) is 13.0 Å². The van der Waals surface area contributed by atoms with Gasteiger partial charge in [-0.15, -0.1) is 0 Å². The van der Waals surface area contributed by atoms with Crippen LogP contribution in [-0.2, 0) is 9.53 Å². The van der Waals surface area contributed by atoms with Crippen molar-refractivity contribution in [2.24, 2.45) is 0 Å². The molecule has 18 heavy (non-hydrogen) atoms. The predicted octanol–water partition coefficient (Wildman–Crippen LogP) is 2.33. The van der Waals surface area contributed by atoms with Gasteiger partial charge in [0.1, 0.15) is 6.04 Å². The molecule has 6 nitrogen and oxygen atoms in total. The average Bonchev–Trinajstić information content (AvgIpc) is 2.99. The van der Waals surface area contributed by atoms with Crippen LogP contribution in [0.4, 0.5) is 0 Å². The van der Waals surface area contributed by atoms with E-state index in [1.54, 1.807) is 25.5 Å². The third-order valence-electron chi connectivity index (χ3n) is 1.97. The molecule has 8 heteroatoms. The maximum Gasteiger partial charge on any atom is 0.330 e. The summed E-state index contributed by atoms with van der Waals surface area (Å²) in [6, 6.07) is -0.428. The number of esters is 1. The third-order valence-corrected chi connectivity index (χ3v) is 2.38. The molecular formula is C10H12Cl2N4O2. The zero-order valence-electron chi connectivity index (χ0n) is 9.80. The number of carbonyl (C=O) groups excluding carboxylic acids is 1. The van der Waals surface area contributed by atoms with E-state index in [4.69, 9.17) is 23.2 Å². The molecule has 0 unspecified atom stereocenters. The molecule has 2 rings (SSSR count). The lowest BCUT2D eigenvalue weighted by Crippen LogP contribution is -2.17. The number of hydrogen-bond donors (Lipinski definition) is 1. The second-order valence-corrected chi connectivity index (χ2v) is 4.13. The van der Waals surface area contributed by atoms with Crippen LogP contribution >= 0.6 is 23.2 Å². The van der Waals surface area contributed by atoms with E-state index in [1.165, 1.54) is 18.0 Å². The smallest absolute Gasteiger partial charge is 0.330 e. The molecule has 98 valence electrons. The summed E-state index contributed by atoms with van der Waals surface area (Å²) in [5.74, 6) is -0.338. The molecule has 0 radical (unpaired) electrons. The van der Waals surface area contributed by atoms with E-state index < -0.39 is 6.04 Å². The van der Waals surface area contributed by atoms with Crippen LogP contribution < -0.4 is 0 Å². The topological polar surface area (TPSA) is 72.8 Å². The van der Waals surface area contributed by atoms with Crippen LogP contribution in [-0.4, -0.2) is 33.1 Å². The predicted molar refractivity (Wildman–Crippen MR) is 67.6 cm³/mol. The fourth-order valence-electron chi connectivity index (χ4n) is 1.04. The standard InChI is InChI=1S/C7H9ClN2O2.C3H3ClN2/c1-5(7(11)12-2)10-4-6(8)3-9-10;4-3-1-5-6-2-3/h3-5H,1-2H3;1-2H,(H,5,6)/t5-;/m1./s1. The normalized spacial score (nSPS) is 11.3. The van der Waals surface area contributed by atoms with Gasteiger partial charge in [-0.2, -0.15) is 10.2 Å². The van der Waals surface area contributed by atoms with Crippen LogP contribution in [0.15, 0.2) is 24.8 Å². The summed E-state index contributed by atoms with van der Waals surface area (Å²) in [6.45, 7) is 1.69. The number of H-pyrrole nitrogens is 1. The Balaban J connectivity index is 0.000000225. The van der Waals surface area contributed by atoms with Crippen molar-refractivity contribution in [1.29, 1.82) is 0 Å². The summed E-state index contributed by atoms with van der Waals surface area (Å²) in [4.78, 5) is 11.0. The molecule has 0 aliphatic heterocycles. The van der Waals surface area contributed by atoms with E-state index >= 15 is 0 Å². The fraction of sp³-hybridized carbons (Fsp3) is 0.300. The molecule has 2 aromatic rings. The Hall–Kier alpha value is -1.53. The minimum absolute atomic E-state index is 0.338. The summed E-state index contributed by atoms with van der Waals surface area (Å²) in [6.07, 6.45) is 6.20. The van der Waals surface area contributed by atoms with Crippen LogP contribution in [0.3, 0.4) is 0 Å². The van der Waals surface area contributed by atoms with E-state index in [9.17, 15) is 4.79 Å². The minimum Gasteiger partial charge on any atom is -0.467 e. The highest BCUT2D eigenvalue weighted by atomic mass is 35.5. The Kier molecular flexibility index (Phi) is 5.67. The van der Waals surface area contributed by atoms with Crippen molar-refractivity contribution in [1.82, 2.24) is 20.0 Å². The highest BCUT2D eigenvalue weighted by molar-refractivity contribution is 6.30. The third kappa shape index (κ3) is 4.38. The van der Waals surface area contributed by atoms with Gasteiger partial charge >= 0.3 is 5.97 Å². The lowest BCUT2D eigenvalue weighted by atomic mass is 10.3. The van der Waals surface area contributed by atoms with Crippen molar-refractivity contribution < 1.29 is 9.53 Å². The van der Waals surface area contributed by atoms with Gasteiger partial charge in [0, 0.05) is 12.4 Å². The highest BCUT2D eigenvalue weighted by Crippen LogP contribution is 2.11. The number of aromatic nitrogens is 4. The van der Waals surface area contributed by atoms with E-state index in [1.807, 2.05) is 0 Å². The molecule has 0 aliphatic rings. The number of halogens is 2. The van der Waals surface area contributed by atoms with Gasteiger partial charge in [-0.05, 0) is 6.92 Å². The number of methoxy groups -OCH3 is 1. The van der Waals surface area contributed by atoms with Gasteiger partial charge in [-0.3, -0.25) is 9.78 Å². The fourth-order valence-corrected chi connectivity index (χ4v) is 1.28. The molecule has 0 aliphatic carbocycles. The van der Waals surface area contributed by atoms with Crippen molar-refractivity contribution in [3.05, 3.63) is 34.8 Å². The molecule has 0 aromatic carbocycles. The Labute approximate surface area is 114 Å². The van der Waals surface area contributed by atoms with Gasteiger partial charge in [0.25, 0.3) is 0 Å². The monoisotopic (exact) mass is 290 g/mol. The first-order valence-electron chi connectivity index (χ1n) is 4.96. The average molecular weight is 291 g/mol. The van der Waals surface area contributed by atoms with Crippen molar-refractivity contribution in [2.75, 3.05) is 7.11 Å². The molecule has 1 atom stereocenters. The number of aromatic amines is 1. The van der Waals surface area contributed by atoms with Crippen LogP contribution in [0, 0.1) is 0 Å². The Morgan fingerprint density at radius 2 is 2.17 bits per heavy atom. The van der Waals surface area contributed by atoms with E-state index in [-0.39, 0.29) is 5.97 Å². The second kappa shape index (κ2) is 7.03. The molecule has 2 aromatic heterocycles. The van der Waals surface area contributed by atoms with Gasteiger partial charge in [0.15, 0.2) is 0 Å². The second-order valence-electron chi connectivity index (χ2n) is 3.25.